The predicted molar refractivity (Wildman–Crippen MR) is 164 cm³/mol. The Hall–Kier alpha value is -3.37. The summed E-state index contributed by atoms with van der Waals surface area (Å²) >= 11 is 1.60. The van der Waals surface area contributed by atoms with E-state index < -0.39 is 18.1 Å². The van der Waals surface area contributed by atoms with Crippen LogP contribution in [0.5, 0.6) is 0 Å². The number of nitrogens with one attached hydrogen (secondary N) is 1. The van der Waals surface area contributed by atoms with Crippen molar-refractivity contribution in [2.24, 2.45) is 22.7 Å². The van der Waals surface area contributed by atoms with Crippen LogP contribution in [-0.2, 0) is 14.4 Å². The van der Waals surface area contributed by atoms with Gasteiger partial charge in [0.1, 0.15) is 18.2 Å². The Balaban J connectivity index is 1.25. The molecule has 1 aromatic carbocycles. The van der Waals surface area contributed by atoms with E-state index in [0.29, 0.717) is 6.54 Å². The number of hydrogen-bond donors (Lipinski definition) is 2. The Labute approximate surface area is 251 Å². The maximum atomic E-state index is 14.0. The van der Waals surface area contributed by atoms with Gasteiger partial charge in [-0.25, -0.2) is 4.98 Å². The van der Waals surface area contributed by atoms with Gasteiger partial charge in [0.2, 0.25) is 11.8 Å². The summed E-state index contributed by atoms with van der Waals surface area (Å²) in [5, 5.41) is 13.6. The van der Waals surface area contributed by atoms with Gasteiger partial charge in [0, 0.05) is 32.0 Å². The summed E-state index contributed by atoms with van der Waals surface area (Å²) in [5.74, 6) is 0.152. The van der Waals surface area contributed by atoms with Crippen LogP contribution in [0, 0.1) is 24.7 Å². The zero-order valence-corrected chi connectivity index (χ0v) is 25.6. The molecule has 2 amide bonds. The van der Waals surface area contributed by atoms with Gasteiger partial charge in [-0.1, -0.05) is 38.1 Å². The number of aliphatic imine (C=N–C) groups is 1. The number of carbonyl (C=O) groups excluding carboxylic acids is 3. The minimum atomic E-state index is -0.752. The highest BCUT2D eigenvalue weighted by Crippen LogP contribution is 2.32. The van der Waals surface area contributed by atoms with Gasteiger partial charge < -0.3 is 25.0 Å². The Morgan fingerprint density at radius 2 is 1.86 bits per heavy atom. The van der Waals surface area contributed by atoms with E-state index in [1.54, 1.807) is 16.2 Å². The van der Waals surface area contributed by atoms with Crippen LogP contribution in [0.1, 0.15) is 57.3 Å². The molecule has 9 nitrogen and oxygen atoms in total. The molecular formula is C32H41N5O4S. The number of aldehydes is 1. The van der Waals surface area contributed by atoms with Gasteiger partial charge in [0.15, 0.2) is 0 Å². The molecule has 0 bridgehead atoms. The highest BCUT2D eigenvalue weighted by Gasteiger charge is 2.43. The molecule has 2 N–H and O–H groups in total. The van der Waals surface area contributed by atoms with E-state index in [9.17, 15) is 19.5 Å². The van der Waals surface area contributed by atoms with Gasteiger partial charge in [-0.2, -0.15) is 0 Å². The number of thiazole rings is 1. The number of carbonyl (C=O) groups is 3. The van der Waals surface area contributed by atoms with Crippen molar-refractivity contribution in [3.8, 4) is 10.4 Å². The number of benzene rings is 1. The maximum absolute atomic E-state index is 14.0. The lowest BCUT2D eigenvalue weighted by Crippen LogP contribution is -2.49. The highest BCUT2D eigenvalue weighted by atomic mass is 32.1. The largest absolute Gasteiger partial charge is 0.391 e. The van der Waals surface area contributed by atoms with E-state index >= 15 is 0 Å². The lowest BCUT2D eigenvalue weighted by molar-refractivity contribution is -0.142. The first kappa shape index (κ1) is 30.1. The Kier molecular flexibility index (Phi) is 9.22. The van der Waals surface area contributed by atoms with Gasteiger partial charge in [0.05, 0.1) is 40.7 Å². The second-order valence-electron chi connectivity index (χ2n) is 12.1. The number of aliphatic hydroxyl groups is 1. The number of aromatic nitrogens is 1. The van der Waals surface area contributed by atoms with Crippen LogP contribution in [0.25, 0.3) is 10.4 Å². The van der Waals surface area contributed by atoms with Gasteiger partial charge in [-0.05, 0) is 55.4 Å². The molecule has 4 heterocycles. The van der Waals surface area contributed by atoms with Crippen molar-refractivity contribution in [3.05, 3.63) is 52.7 Å². The highest BCUT2D eigenvalue weighted by molar-refractivity contribution is 7.13. The Morgan fingerprint density at radius 3 is 2.48 bits per heavy atom. The molecule has 2 saturated heterocycles. The second kappa shape index (κ2) is 12.9. The summed E-state index contributed by atoms with van der Waals surface area (Å²) in [4.78, 5) is 52.6. The Morgan fingerprint density at radius 1 is 1.14 bits per heavy atom. The number of likely N-dealkylation sites (tertiary alicyclic amines) is 2. The molecule has 5 rings (SSSR count). The average Bonchev–Trinajstić information content (AvgIpc) is 3.73. The maximum Gasteiger partial charge on any atom is 0.243 e. The van der Waals surface area contributed by atoms with E-state index in [1.807, 2.05) is 63.5 Å². The van der Waals surface area contributed by atoms with Crippen molar-refractivity contribution in [1.29, 1.82) is 0 Å². The van der Waals surface area contributed by atoms with E-state index in [2.05, 4.69) is 15.2 Å². The quantitative estimate of drug-likeness (QED) is 0.452. The number of piperidine rings is 1. The second-order valence-corrected chi connectivity index (χ2v) is 12.9. The van der Waals surface area contributed by atoms with Gasteiger partial charge in [0.25, 0.3) is 0 Å². The molecule has 2 fully saturated rings. The monoisotopic (exact) mass is 591 g/mol. The number of aryl methyl sites for hydroxylation is 1. The number of rotatable bonds is 8. The number of amidine groups is 1. The van der Waals surface area contributed by atoms with Gasteiger partial charge >= 0.3 is 0 Å². The summed E-state index contributed by atoms with van der Waals surface area (Å²) in [6.07, 6.45) is 4.15. The molecule has 3 aliphatic heterocycles. The fourth-order valence-corrected chi connectivity index (χ4v) is 7.14. The average molecular weight is 592 g/mol. The lowest BCUT2D eigenvalue weighted by atomic mass is 9.86. The molecule has 10 heteroatoms. The fourth-order valence-electron chi connectivity index (χ4n) is 6.32. The van der Waals surface area contributed by atoms with Gasteiger partial charge in [-0.3, -0.25) is 14.6 Å². The van der Waals surface area contributed by atoms with Crippen LogP contribution in [0.15, 0.2) is 46.4 Å². The standard InChI is InChI=1S/C32H41N5O4S/c1-19(2)29(25-13-28(33-15-25)36-11-9-22(17-38)10-12-36)32(41)37-16-26(39)14-27(37)31(40)35-20(3)23-5-7-24(8-6-23)30-21(4)34-18-42-30/h5-8,13,17-20,22,26-27,29,39H,9-12,14-16H2,1-4H3,(H,35,40)/t20-,26+,27-,29?/m0/s1. The van der Waals surface area contributed by atoms with Crippen LogP contribution in [-0.4, -0.2) is 82.2 Å². The van der Waals surface area contributed by atoms with E-state index in [-0.39, 0.29) is 42.7 Å². The first-order valence-electron chi connectivity index (χ1n) is 14.9. The fraction of sp³-hybridized carbons (Fsp3) is 0.531. The van der Waals surface area contributed by atoms with E-state index in [1.165, 1.54) is 0 Å². The van der Waals surface area contributed by atoms with Crippen molar-refractivity contribution >= 4 is 35.3 Å². The third-order valence-electron chi connectivity index (χ3n) is 8.77. The van der Waals surface area contributed by atoms with Crippen LogP contribution >= 0.6 is 11.3 Å². The van der Waals surface area contributed by atoms with Crippen LogP contribution in [0.3, 0.4) is 0 Å². The number of hydrogen-bond acceptors (Lipinski definition) is 8. The number of β-amino-alcohol motifs (C(OH)–C–C–N with tert-alkyl or cyclic N) is 1. The van der Waals surface area contributed by atoms with E-state index in [0.717, 1.165) is 65.3 Å². The molecule has 0 saturated carbocycles. The minimum Gasteiger partial charge on any atom is -0.391 e. The third kappa shape index (κ3) is 6.34. The zero-order chi connectivity index (χ0) is 30.0. The first-order valence-corrected chi connectivity index (χ1v) is 15.8. The lowest BCUT2D eigenvalue weighted by Gasteiger charge is -2.31. The Bertz CT molecular complexity index is 1360. The molecule has 4 atom stereocenters. The van der Waals surface area contributed by atoms with Crippen molar-refractivity contribution < 1.29 is 19.5 Å². The summed E-state index contributed by atoms with van der Waals surface area (Å²) in [5.41, 5.74) is 5.82. The van der Waals surface area contributed by atoms with Crippen molar-refractivity contribution in [2.45, 2.75) is 65.1 Å². The normalized spacial score (nSPS) is 22.6. The molecule has 1 aromatic heterocycles. The molecule has 224 valence electrons. The summed E-state index contributed by atoms with van der Waals surface area (Å²) < 4.78 is 0. The summed E-state index contributed by atoms with van der Waals surface area (Å²) in [6.45, 7) is 10.1. The first-order chi connectivity index (χ1) is 20.2. The van der Waals surface area contributed by atoms with Crippen LogP contribution < -0.4 is 5.32 Å². The smallest absolute Gasteiger partial charge is 0.243 e. The number of amides is 2. The van der Waals surface area contributed by atoms with Gasteiger partial charge in [-0.15, -0.1) is 11.3 Å². The summed E-state index contributed by atoms with van der Waals surface area (Å²) in [7, 11) is 0. The molecule has 42 heavy (non-hydrogen) atoms. The minimum absolute atomic E-state index is 0.000161. The predicted octanol–water partition coefficient (Wildman–Crippen LogP) is 3.78. The van der Waals surface area contributed by atoms with Crippen LogP contribution in [0.2, 0.25) is 0 Å². The summed E-state index contributed by atoms with van der Waals surface area (Å²) in [6, 6.07) is 7.09. The van der Waals surface area contributed by atoms with Crippen molar-refractivity contribution in [3.63, 3.8) is 0 Å². The number of nitrogens with zero attached hydrogens (tertiary/aromatic N) is 4. The topological polar surface area (TPSA) is 115 Å². The van der Waals surface area contributed by atoms with E-state index in [4.69, 9.17) is 4.99 Å². The molecule has 0 radical (unpaired) electrons. The molecule has 0 spiro atoms. The molecule has 3 aliphatic rings. The molecule has 2 aromatic rings. The third-order valence-corrected chi connectivity index (χ3v) is 9.75. The van der Waals surface area contributed by atoms with Crippen molar-refractivity contribution in [1.82, 2.24) is 20.1 Å². The number of aliphatic hydroxyl groups excluding tert-OH is 1. The SMILES string of the molecule is Cc1ncsc1-c1ccc([C@H](C)NC(=O)[C@@H]2C[C@@H](O)CN2C(=O)C(C2=CC(N3CCC(C=O)CC3)=NC2)C(C)C)cc1. The molecular weight excluding hydrogens is 550 g/mol. The molecule has 0 aliphatic carbocycles. The van der Waals surface area contributed by atoms with Crippen LogP contribution in [0.4, 0.5) is 0 Å². The zero-order valence-electron chi connectivity index (χ0n) is 24.8. The molecule has 1 unspecified atom stereocenters. The van der Waals surface area contributed by atoms with Crippen molar-refractivity contribution in [2.75, 3.05) is 26.2 Å².